The summed E-state index contributed by atoms with van der Waals surface area (Å²) >= 11 is 0. The van der Waals surface area contributed by atoms with E-state index in [0.29, 0.717) is 5.92 Å². The maximum atomic E-state index is 14.0. The lowest BCUT2D eigenvalue weighted by molar-refractivity contribution is 0.117. The largest absolute Gasteiger partial charge is 0.319 e. The van der Waals surface area contributed by atoms with Gasteiger partial charge in [-0.1, -0.05) is 25.1 Å². The SMILES string of the molecule is CCC(c1ccccc1F)N1CCCC(CNC)C1. The Hall–Kier alpha value is -0.930. The Labute approximate surface area is 116 Å². The second kappa shape index (κ2) is 7.01. The van der Waals surface area contributed by atoms with Crippen LogP contribution < -0.4 is 5.32 Å². The Morgan fingerprint density at radius 2 is 2.21 bits per heavy atom. The van der Waals surface area contributed by atoms with Crippen LogP contribution in [0, 0.1) is 11.7 Å². The second-order valence-corrected chi connectivity index (χ2v) is 5.51. The van der Waals surface area contributed by atoms with Crippen molar-refractivity contribution in [2.45, 2.75) is 32.2 Å². The van der Waals surface area contributed by atoms with Crippen LogP contribution >= 0.6 is 0 Å². The molecule has 0 saturated carbocycles. The molecule has 1 aromatic carbocycles. The summed E-state index contributed by atoms with van der Waals surface area (Å²) in [4.78, 5) is 2.46. The Kier molecular flexibility index (Phi) is 5.34. The third kappa shape index (κ3) is 3.54. The van der Waals surface area contributed by atoms with E-state index in [0.717, 1.165) is 31.6 Å². The topological polar surface area (TPSA) is 15.3 Å². The molecule has 1 aromatic rings. The monoisotopic (exact) mass is 264 g/mol. The first-order chi connectivity index (χ1) is 9.26. The minimum Gasteiger partial charge on any atom is -0.319 e. The third-order valence-electron chi connectivity index (χ3n) is 4.13. The number of rotatable bonds is 5. The van der Waals surface area contributed by atoms with Crippen molar-refractivity contribution in [1.82, 2.24) is 10.2 Å². The lowest BCUT2D eigenvalue weighted by Gasteiger charge is -2.38. The van der Waals surface area contributed by atoms with Gasteiger partial charge in [0.05, 0.1) is 0 Å². The van der Waals surface area contributed by atoms with Gasteiger partial charge in [0.25, 0.3) is 0 Å². The number of hydrogen-bond acceptors (Lipinski definition) is 2. The van der Waals surface area contributed by atoms with Crippen molar-refractivity contribution in [2.75, 3.05) is 26.7 Å². The Morgan fingerprint density at radius 1 is 1.42 bits per heavy atom. The van der Waals surface area contributed by atoms with Gasteiger partial charge in [0.15, 0.2) is 0 Å². The van der Waals surface area contributed by atoms with Crippen LogP contribution in [0.25, 0.3) is 0 Å². The first-order valence-corrected chi connectivity index (χ1v) is 7.39. The Bertz CT molecular complexity index is 392. The van der Waals surface area contributed by atoms with E-state index < -0.39 is 0 Å². The molecule has 1 fully saturated rings. The number of benzene rings is 1. The molecule has 2 unspecified atom stereocenters. The van der Waals surface area contributed by atoms with Crippen LogP contribution in [-0.2, 0) is 0 Å². The fourth-order valence-corrected chi connectivity index (χ4v) is 3.26. The summed E-state index contributed by atoms with van der Waals surface area (Å²) in [6, 6.07) is 7.45. The van der Waals surface area contributed by atoms with Crippen molar-refractivity contribution in [3.63, 3.8) is 0 Å². The maximum absolute atomic E-state index is 14.0. The van der Waals surface area contributed by atoms with Crippen LogP contribution in [0.4, 0.5) is 4.39 Å². The van der Waals surface area contributed by atoms with E-state index in [9.17, 15) is 4.39 Å². The quantitative estimate of drug-likeness (QED) is 0.878. The van der Waals surface area contributed by atoms with Crippen molar-refractivity contribution in [2.24, 2.45) is 5.92 Å². The standard InChI is InChI=1S/C16H25FN2/c1-3-16(14-8-4-5-9-15(14)17)19-10-6-7-13(12-19)11-18-2/h4-5,8-9,13,16,18H,3,6-7,10-12H2,1-2H3. The molecule has 2 rings (SSSR count). The molecule has 2 nitrogen and oxygen atoms in total. The summed E-state index contributed by atoms with van der Waals surface area (Å²) in [7, 11) is 2.01. The van der Waals surface area contributed by atoms with E-state index in [1.54, 1.807) is 12.1 Å². The Balaban J connectivity index is 2.11. The predicted molar refractivity (Wildman–Crippen MR) is 77.7 cm³/mol. The average molecular weight is 264 g/mol. The van der Waals surface area contributed by atoms with Crippen molar-refractivity contribution >= 4 is 0 Å². The minimum atomic E-state index is -0.0647. The highest BCUT2D eigenvalue weighted by Gasteiger charge is 2.26. The van der Waals surface area contributed by atoms with E-state index >= 15 is 0 Å². The van der Waals surface area contributed by atoms with Crippen LogP contribution in [0.2, 0.25) is 0 Å². The molecule has 1 N–H and O–H groups in total. The van der Waals surface area contributed by atoms with E-state index in [2.05, 4.69) is 17.1 Å². The van der Waals surface area contributed by atoms with Crippen LogP contribution in [0.15, 0.2) is 24.3 Å². The third-order valence-corrected chi connectivity index (χ3v) is 4.13. The van der Waals surface area contributed by atoms with Gasteiger partial charge in [-0.15, -0.1) is 0 Å². The van der Waals surface area contributed by atoms with Crippen LogP contribution in [-0.4, -0.2) is 31.6 Å². The molecule has 1 aliphatic heterocycles. The molecule has 1 aliphatic rings. The number of halogens is 1. The number of piperidine rings is 1. The van der Waals surface area contributed by atoms with Gasteiger partial charge in [-0.05, 0) is 51.4 Å². The zero-order chi connectivity index (χ0) is 13.7. The number of likely N-dealkylation sites (tertiary alicyclic amines) is 1. The number of nitrogens with zero attached hydrogens (tertiary/aromatic N) is 1. The van der Waals surface area contributed by atoms with Crippen LogP contribution in [0.5, 0.6) is 0 Å². The molecule has 0 aliphatic carbocycles. The van der Waals surface area contributed by atoms with Gasteiger partial charge in [0.1, 0.15) is 5.82 Å². The minimum absolute atomic E-state index is 0.0647. The average Bonchev–Trinajstić information content (AvgIpc) is 2.43. The second-order valence-electron chi connectivity index (χ2n) is 5.51. The highest BCUT2D eigenvalue weighted by Crippen LogP contribution is 2.30. The van der Waals surface area contributed by atoms with Crippen molar-refractivity contribution in [3.8, 4) is 0 Å². The van der Waals surface area contributed by atoms with Gasteiger partial charge in [-0.3, -0.25) is 4.90 Å². The van der Waals surface area contributed by atoms with Crippen molar-refractivity contribution in [1.29, 1.82) is 0 Å². The molecule has 1 saturated heterocycles. The van der Waals surface area contributed by atoms with Crippen LogP contribution in [0.3, 0.4) is 0 Å². The lowest BCUT2D eigenvalue weighted by atomic mass is 9.93. The summed E-state index contributed by atoms with van der Waals surface area (Å²) < 4.78 is 14.0. The molecular weight excluding hydrogens is 239 g/mol. The zero-order valence-electron chi connectivity index (χ0n) is 12.0. The summed E-state index contributed by atoms with van der Waals surface area (Å²) in [6.07, 6.45) is 3.47. The zero-order valence-corrected chi connectivity index (χ0v) is 12.0. The summed E-state index contributed by atoms with van der Waals surface area (Å²) in [5.41, 5.74) is 0.857. The summed E-state index contributed by atoms with van der Waals surface area (Å²) in [5.74, 6) is 0.629. The van der Waals surface area contributed by atoms with Crippen LogP contribution in [0.1, 0.15) is 37.8 Å². The highest BCUT2D eigenvalue weighted by atomic mass is 19.1. The van der Waals surface area contributed by atoms with Gasteiger partial charge in [0.2, 0.25) is 0 Å². The van der Waals surface area contributed by atoms with Gasteiger partial charge < -0.3 is 5.32 Å². The first-order valence-electron chi connectivity index (χ1n) is 7.39. The first kappa shape index (κ1) is 14.5. The summed E-state index contributed by atoms with van der Waals surface area (Å²) in [5, 5.41) is 3.27. The molecule has 0 bridgehead atoms. The molecule has 3 heteroatoms. The number of nitrogens with one attached hydrogen (secondary N) is 1. The van der Waals surface area contributed by atoms with Gasteiger partial charge >= 0.3 is 0 Å². The molecule has 0 spiro atoms. The highest BCUT2D eigenvalue weighted by molar-refractivity contribution is 5.21. The molecule has 2 atom stereocenters. The van der Waals surface area contributed by atoms with Gasteiger partial charge in [-0.25, -0.2) is 4.39 Å². The molecule has 0 radical (unpaired) electrons. The predicted octanol–water partition coefficient (Wildman–Crippen LogP) is 3.21. The van der Waals surface area contributed by atoms with Crippen molar-refractivity contribution < 1.29 is 4.39 Å². The molecule has 19 heavy (non-hydrogen) atoms. The molecular formula is C16H25FN2. The fourth-order valence-electron chi connectivity index (χ4n) is 3.26. The van der Waals surface area contributed by atoms with E-state index in [1.807, 2.05) is 19.2 Å². The molecule has 0 amide bonds. The van der Waals surface area contributed by atoms with Crippen molar-refractivity contribution in [3.05, 3.63) is 35.6 Å². The lowest BCUT2D eigenvalue weighted by Crippen LogP contribution is -2.41. The maximum Gasteiger partial charge on any atom is 0.127 e. The van der Waals surface area contributed by atoms with Gasteiger partial charge in [0, 0.05) is 18.2 Å². The molecule has 0 aromatic heterocycles. The smallest absolute Gasteiger partial charge is 0.127 e. The van der Waals surface area contributed by atoms with Gasteiger partial charge in [-0.2, -0.15) is 0 Å². The summed E-state index contributed by atoms with van der Waals surface area (Å²) in [6.45, 7) is 5.38. The number of hydrogen-bond donors (Lipinski definition) is 1. The molecule has 1 heterocycles. The van der Waals surface area contributed by atoms with E-state index in [1.165, 1.54) is 12.8 Å². The Morgan fingerprint density at radius 3 is 2.89 bits per heavy atom. The van der Waals surface area contributed by atoms with E-state index in [-0.39, 0.29) is 11.9 Å². The fraction of sp³-hybridized carbons (Fsp3) is 0.625. The molecule has 106 valence electrons. The van der Waals surface area contributed by atoms with E-state index in [4.69, 9.17) is 0 Å². The normalized spacial score (nSPS) is 22.4.